The third-order valence-electron chi connectivity index (χ3n) is 5.29. The monoisotopic (exact) mass is 418 g/mol. The molecule has 0 unspecified atom stereocenters. The van der Waals surface area contributed by atoms with Crippen molar-refractivity contribution in [3.8, 4) is 11.5 Å². The minimum atomic E-state index is -0.897. The molecule has 7 nitrogen and oxygen atoms in total. The second-order valence-electron chi connectivity index (χ2n) is 8.11. The summed E-state index contributed by atoms with van der Waals surface area (Å²) in [5.74, 6) is 0.562. The van der Waals surface area contributed by atoms with Gasteiger partial charge in [0.2, 0.25) is 0 Å². The van der Waals surface area contributed by atoms with Crippen molar-refractivity contribution in [3.05, 3.63) is 94.0 Å². The number of hydrogen-bond acceptors (Lipinski definition) is 6. The Morgan fingerprint density at radius 1 is 1.00 bits per heavy atom. The number of carbonyl (C=O) groups is 1. The Hall–Kier alpha value is -3.87. The van der Waals surface area contributed by atoms with Gasteiger partial charge in [0.15, 0.2) is 0 Å². The van der Waals surface area contributed by atoms with Gasteiger partial charge in [-0.1, -0.05) is 44.2 Å². The molecule has 3 aromatic carbocycles. The Labute approximate surface area is 180 Å². The Balaban J connectivity index is 1.47. The molecular weight excluding hydrogens is 396 g/mol. The summed E-state index contributed by atoms with van der Waals surface area (Å²) in [7, 11) is 0. The van der Waals surface area contributed by atoms with E-state index in [0.717, 1.165) is 24.3 Å². The Kier molecular flexibility index (Phi) is 5.33. The zero-order chi connectivity index (χ0) is 22.0. The minimum Gasteiger partial charge on any atom is -0.395 e. The maximum absolute atomic E-state index is 12.2. The lowest BCUT2D eigenvalue weighted by Gasteiger charge is -2.22. The van der Waals surface area contributed by atoms with Crippen molar-refractivity contribution in [3.63, 3.8) is 0 Å². The molecule has 0 saturated carbocycles. The van der Waals surface area contributed by atoms with Gasteiger partial charge in [-0.05, 0) is 41.5 Å². The molecule has 0 saturated heterocycles. The molecule has 0 aliphatic carbocycles. The molecule has 0 atom stereocenters. The molecule has 1 aliphatic rings. The van der Waals surface area contributed by atoms with E-state index in [1.807, 2.05) is 30.3 Å². The third kappa shape index (κ3) is 4.50. The van der Waals surface area contributed by atoms with E-state index < -0.39 is 11.1 Å². The van der Waals surface area contributed by atoms with Crippen LogP contribution in [0.1, 0.15) is 25.0 Å². The van der Waals surface area contributed by atoms with E-state index in [4.69, 9.17) is 9.47 Å². The molecule has 1 aliphatic heterocycles. The molecule has 4 rings (SSSR count). The van der Waals surface area contributed by atoms with Crippen molar-refractivity contribution in [1.82, 2.24) is 0 Å². The Bertz CT molecular complexity index is 1110. The predicted molar refractivity (Wildman–Crippen MR) is 117 cm³/mol. The number of carbonyl (C=O) groups excluding carboxylic acids is 1. The first-order valence-electron chi connectivity index (χ1n) is 9.89. The molecule has 1 heterocycles. The lowest BCUT2D eigenvalue weighted by molar-refractivity contribution is -0.384. The summed E-state index contributed by atoms with van der Waals surface area (Å²) >= 11 is 0. The zero-order valence-corrected chi connectivity index (χ0v) is 17.3. The molecule has 0 bridgehead atoms. The number of nitro benzene ring substituents is 1. The van der Waals surface area contributed by atoms with Crippen LogP contribution in [-0.2, 0) is 12.0 Å². The highest BCUT2D eigenvalue weighted by Crippen LogP contribution is 2.42. The Morgan fingerprint density at radius 3 is 2.32 bits per heavy atom. The van der Waals surface area contributed by atoms with Crippen LogP contribution in [0.5, 0.6) is 11.5 Å². The van der Waals surface area contributed by atoms with E-state index >= 15 is 0 Å². The topological polar surface area (TPSA) is 81.9 Å². The average molecular weight is 418 g/mol. The van der Waals surface area contributed by atoms with E-state index in [1.165, 1.54) is 29.8 Å². The predicted octanol–water partition coefficient (Wildman–Crippen LogP) is 5.47. The van der Waals surface area contributed by atoms with Gasteiger partial charge in [-0.2, -0.15) is 0 Å². The molecule has 31 heavy (non-hydrogen) atoms. The summed E-state index contributed by atoms with van der Waals surface area (Å²) in [5, 5.41) is 10.7. The molecule has 0 spiro atoms. The number of benzene rings is 3. The fourth-order valence-corrected chi connectivity index (χ4v) is 3.84. The van der Waals surface area contributed by atoms with Crippen LogP contribution in [0, 0.1) is 10.1 Å². The van der Waals surface area contributed by atoms with Crippen molar-refractivity contribution in [1.29, 1.82) is 0 Å². The highest BCUT2D eigenvalue weighted by molar-refractivity contribution is 5.70. The standard InChI is InChI=1S/C24H22N2O5/c1-24(2)16-25(15-17-6-4-3-5-7-17)22-13-12-20(14-21(22)24)31-23(27)30-19-10-8-18(9-11-19)26(28)29/h3-14H,15-16H2,1-2H3. The molecule has 158 valence electrons. The van der Waals surface area contributed by atoms with E-state index in [-0.39, 0.29) is 16.9 Å². The maximum Gasteiger partial charge on any atom is 0.519 e. The average Bonchev–Trinajstić information content (AvgIpc) is 2.98. The first kappa shape index (κ1) is 20.4. The van der Waals surface area contributed by atoms with Gasteiger partial charge >= 0.3 is 6.16 Å². The van der Waals surface area contributed by atoms with Gasteiger partial charge in [0, 0.05) is 36.3 Å². The van der Waals surface area contributed by atoms with Crippen LogP contribution in [0.25, 0.3) is 0 Å². The first-order chi connectivity index (χ1) is 14.8. The SMILES string of the molecule is CC1(C)CN(Cc2ccccc2)c2ccc(OC(=O)Oc3ccc([N+](=O)[O-])cc3)cc21. The lowest BCUT2D eigenvalue weighted by atomic mass is 9.87. The lowest BCUT2D eigenvalue weighted by Crippen LogP contribution is -2.28. The summed E-state index contributed by atoms with van der Waals surface area (Å²) in [6, 6.07) is 21.1. The molecule has 3 aromatic rings. The van der Waals surface area contributed by atoms with Gasteiger partial charge in [-0.15, -0.1) is 0 Å². The smallest absolute Gasteiger partial charge is 0.395 e. The van der Waals surface area contributed by atoms with Crippen molar-refractivity contribution in [2.45, 2.75) is 25.8 Å². The molecule has 0 N–H and O–H groups in total. The fraction of sp³-hybridized carbons (Fsp3) is 0.208. The fourth-order valence-electron chi connectivity index (χ4n) is 3.84. The summed E-state index contributed by atoms with van der Waals surface area (Å²) < 4.78 is 10.5. The largest absolute Gasteiger partial charge is 0.519 e. The molecule has 0 amide bonds. The highest BCUT2D eigenvalue weighted by atomic mass is 16.7. The third-order valence-corrected chi connectivity index (χ3v) is 5.29. The van der Waals surface area contributed by atoms with Crippen molar-refractivity contribution < 1.29 is 19.2 Å². The number of non-ortho nitro benzene ring substituents is 1. The second-order valence-corrected chi connectivity index (χ2v) is 8.11. The van der Waals surface area contributed by atoms with Crippen LogP contribution in [0.3, 0.4) is 0 Å². The van der Waals surface area contributed by atoms with Gasteiger partial charge in [0.25, 0.3) is 5.69 Å². The molecule has 0 radical (unpaired) electrons. The van der Waals surface area contributed by atoms with Crippen LogP contribution in [-0.4, -0.2) is 17.6 Å². The quantitative estimate of drug-likeness (QED) is 0.236. The minimum absolute atomic E-state index is 0.0818. The summed E-state index contributed by atoms with van der Waals surface area (Å²) in [5.41, 5.74) is 3.26. The van der Waals surface area contributed by atoms with E-state index in [9.17, 15) is 14.9 Å². The highest BCUT2D eigenvalue weighted by Gasteiger charge is 2.35. The van der Waals surface area contributed by atoms with Crippen LogP contribution in [0.4, 0.5) is 16.2 Å². The zero-order valence-electron chi connectivity index (χ0n) is 17.3. The van der Waals surface area contributed by atoms with Crippen LogP contribution < -0.4 is 14.4 Å². The van der Waals surface area contributed by atoms with Gasteiger partial charge < -0.3 is 14.4 Å². The van der Waals surface area contributed by atoms with Gasteiger partial charge in [0.1, 0.15) is 11.5 Å². The summed E-state index contributed by atoms with van der Waals surface area (Å²) in [6.07, 6.45) is -0.897. The number of anilines is 1. The number of fused-ring (bicyclic) bond motifs is 1. The van der Waals surface area contributed by atoms with Crippen LogP contribution in [0.15, 0.2) is 72.8 Å². The van der Waals surface area contributed by atoms with Crippen LogP contribution >= 0.6 is 0 Å². The molecular formula is C24H22N2O5. The number of nitro groups is 1. The van der Waals surface area contributed by atoms with Crippen LogP contribution in [0.2, 0.25) is 0 Å². The molecule has 0 fully saturated rings. The van der Waals surface area contributed by atoms with E-state index in [2.05, 4.69) is 30.9 Å². The van der Waals surface area contributed by atoms with Gasteiger partial charge in [-0.25, -0.2) is 4.79 Å². The normalized spacial score (nSPS) is 14.1. The summed E-state index contributed by atoms with van der Waals surface area (Å²) in [6.45, 7) is 5.99. The number of nitrogens with zero attached hydrogens (tertiary/aromatic N) is 2. The number of ether oxygens (including phenoxy) is 2. The Morgan fingerprint density at radius 2 is 1.65 bits per heavy atom. The van der Waals surface area contributed by atoms with Crippen molar-refractivity contribution >= 4 is 17.5 Å². The molecule has 7 heteroatoms. The van der Waals surface area contributed by atoms with Gasteiger partial charge in [0.05, 0.1) is 4.92 Å². The number of hydrogen-bond donors (Lipinski definition) is 0. The van der Waals surface area contributed by atoms with E-state index in [1.54, 1.807) is 6.07 Å². The van der Waals surface area contributed by atoms with Gasteiger partial charge in [-0.3, -0.25) is 10.1 Å². The van der Waals surface area contributed by atoms with Crippen molar-refractivity contribution in [2.24, 2.45) is 0 Å². The first-order valence-corrected chi connectivity index (χ1v) is 9.89. The van der Waals surface area contributed by atoms with Crippen molar-refractivity contribution in [2.75, 3.05) is 11.4 Å². The second kappa shape index (κ2) is 8.10. The summed E-state index contributed by atoms with van der Waals surface area (Å²) in [4.78, 5) is 24.7. The maximum atomic E-state index is 12.2. The molecule has 0 aromatic heterocycles. The number of rotatable bonds is 5. The van der Waals surface area contributed by atoms with E-state index in [0.29, 0.717) is 5.75 Å².